The first-order valence-electron chi connectivity index (χ1n) is 5.36. The van der Waals surface area contributed by atoms with Gasteiger partial charge in [0.15, 0.2) is 0 Å². The largest absolute Gasteiger partial charge is 0.481 e. The van der Waals surface area contributed by atoms with Crippen LogP contribution >= 0.6 is 15.9 Å². The van der Waals surface area contributed by atoms with Gasteiger partial charge in [-0.1, -0.05) is 28.8 Å². The van der Waals surface area contributed by atoms with Crippen LogP contribution in [-0.2, 0) is 10.2 Å². The highest BCUT2D eigenvalue weighted by molar-refractivity contribution is 9.10. The monoisotopic (exact) mass is 304 g/mol. The number of aliphatic carboxylic acids is 1. The summed E-state index contributed by atoms with van der Waals surface area (Å²) in [5.74, 6) is -2.72. The zero-order valence-corrected chi connectivity index (χ0v) is 10.6. The third-order valence-electron chi connectivity index (χ3n) is 3.35. The molecule has 0 amide bonds. The Hall–Kier alpha value is -0.970. The van der Waals surface area contributed by atoms with Gasteiger partial charge in [-0.2, -0.15) is 0 Å². The summed E-state index contributed by atoms with van der Waals surface area (Å²) in [4.78, 5) is 11.4. The second-order valence-corrected chi connectivity index (χ2v) is 5.25. The quantitative estimate of drug-likeness (QED) is 0.906. The zero-order valence-electron chi connectivity index (χ0n) is 8.97. The van der Waals surface area contributed by atoms with E-state index in [-0.39, 0.29) is 22.9 Å². The van der Waals surface area contributed by atoms with Gasteiger partial charge in [-0.05, 0) is 25.0 Å². The number of halogens is 3. The molecule has 1 saturated carbocycles. The molecule has 0 spiro atoms. The molecule has 1 aromatic rings. The molecule has 2 rings (SSSR count). The van der Waals surface area contributed by atoms with Gasteiger partial charge in [0.05, 0.1) is 5.41 Å². The van der Waals surface area contributed by atoms with Crippen LogP contribution < -0.4 is 0 Å². The number of rotatable bonds is 2. The summed E-state index contributed by atoms with van der Waals surface area (Å²) in [6, 6.07) is 2.23. The van der Waals surface area contributed by atoms with Crippen molar-refractivity contribution in [2.45, 2.75) is 31.1 Å². The summed E-state index contributed by atoms with van der Waals surface area (Å²) < 4.78 is 27.9. The van der Waals surface area contributed by atoms with Crippen molar-refractivity contribution in [2.24, 2.45) is 0 Å². The Morgan fingerprint density at radius 2 is 1.71 bits per heavy atom. The maximum absolute atomic E-state index is 13.8. The fraction of sp³-hybridized carbons (Fsp3) is 0.417. The van der Waals surface area contributed by atoms with Gasteiger partial charge in [0.2, 0.25) is 0 Å². The van der Waals surface area contributed by atoms with Gasteiger partial charge in [0.1, 0.15) is 11.6 Å². The Bertz CT molecular complexity index is 445. The first-order valence-corrected chi connectivity index (χ1v) is 6.15. The molecule has 2 nitrogen and oxygen atoms in total. The molecule has 0 atom stereocenters. The minimum atomic E-state index is -1.39. The lowest BCUT2D eigenvalue weighted by atomic mass is 9.78. The van der Waals surface area contributed by atoms with Crippen molar-refractivity contribution >= 4 is 21.9 Å². The highest BCUT2D eigenvalue weighted by atomic mass is 79.9. The summed E-state index contributed by atoms with van der Waals surface area (Å²) in [5.41, 5.74) is -1.69. The lowest BCUT2D eigenvalue weighted by molar-refractivity contribution is -0.143. The molecule has 1 aliphatic rings. The minimum Gasteiger partial charge on any atom is -0.481 e. The molecule has 1 aromatic carbocycles. The van der Waals surface area contributed by atoms with Crippen molar-refractivity contribution in [3.8, 4) is 0 Å². The van der Waals surface area contributed by atoms with Crippen LogP contribution in [0.3, 0.4) is 0 Å². The molecule has 0 aliphatic heterocycles. The molecule has 1 fully saturated rings. The third kappa shape index (κ3) is 1.97. The van der Waals surface area contributed by atoms with E-state index in [0.717, 1.165) is 12.1 Å². The molecule has 1 aliphatic carbocycles. The predicted molar refractivity (Wildman–Crippen MR) is 61.8 cm³/mol. The van der Waals surface area contributed by atoms with Crippen LogP contribution in [0.4, 0.5) is 8.78 Å². The van der Waals surface area contributed by atoms with Crippen molar-refractivity contribution in [3.05, 3.63) is 33.8 Å². The van der Waals surface area contributed by atoms with Crippen LogP contribution in [-0.4, -0.2) is 11.1 Å². The molecular formula is C12H11BrF2O2. The van der Waals surface area contributed by atoms with E-state index in [1.807, 2.05) is 0 Å². The Kier molecular flexibility index (Phi) is 3.21. The van der Waals surface area contributed by atoms with E-state index >= 15 is 0 Å². The van der Waals surface area contributed by atoms with E-state index in [0.29, 0.717) is 12.8 Å². The molecule has 0 heterocycles. The molecule has 0 aromatic heterocycles. The summed E-state index contributed by atoms with van der Waals surface area (Å²) in [7, 11) is 0. The van der Waals surface area contributed by atoms with Crippen LogP contribution in [0.2, 0.25) is 0 Å². The van der Waals surface area contributed by atoms with E-state index in [2.05, 4.69) is 15.9 Å². The van der Waals surface area contributed by atoms with E-state index < -0.39 is 23.0 Å². The normalized spacial score (nSPS) is 18.3. The highest BCUT2D eigenvalue weighted by Crippen LogP contribution is 2.44. The van der Waals surface area contributed by atoms with E-state index in [9.17, 15) is 18.7 Å². The summed E-state index contributed by atoms with van der Waals surface area (Å²) >= 11 is 2.98. The Morgan fingerprint density at radius 1 is 1.24 bits per heavy atom. The topological polar surface area (TPSA) is 37.3 Å². The smallest absolute Gasteiger partial charge is 0.314 e. The van der Waals surface area contributed by atoms with Crippen LogP contribution in [0.5, 0.6) is 0 Å². The second kappa shape index (κ2) is 4.37. The van der Waals surface area contributed by atoms with Gasteiger partial charge in [0, 0.05) is 10.0 Å². The lowest BCUT2D eigenvalue weighted by Gasteiger charge is -2.25. The Balaban J connectivity index is 2.62. The Morgan fingerprint density at radius 3 is 2.12 bits per heavy atom. The summed E-state index contributed by atoms with van der Waals surface area (Å²) in [6.45, 7) is 0. The van der Waals surface area contributed by atoms with Gasteiger partial charge in [-0.25, -0.2) is 8.78 Å². The van der Waals surface area contributed by atoms with Gasteiger partial charge in [-0.3, -0.25) is 4.79 Å². The summed E-state index contributed by atoms with van der Waals surface area (Å²) in [6.07, 6.45) is 1.94. The van der Waals surface area contributed by atoms with Crippen LogP contribution in [0.15, 0.2) is 16.6 Å². The molecule has 17 heavy (non-hydrogen) atoms. The minimum absolute atomic E-state index is 0.273. The average molecular weight is 305 g/mol. The molecule has 0 saturated heterocycles. The zero-order chi connectivity index (χ0) is 12.6. The van der Waals surface area contributed by atoms with E-state index in [1.165, 1.54) is 0 Å². The van der Waals surface area contributed by atoms with Gasteiger partial charge >= 0.3 is 5.97 Å². The van der Waals surface area contributed by atoms with E-state index in [1.54, 1.807) is 0 Å². The molecule has 1 N–H and O–H groups in total. The molecule has 0 unspecified atom stereocenters. The predicted octanol–water partition coefficient (Wildman–Crippen LogP) is 3.62. The van der Waals surface area contributed by atoms with Crippen molar-refractivity contribution in [1.82, 2.24) is 0 Å². The van der Waals surface area contributed by atoms with Crippen molar-refractivity contribution in [3.63, 3.8) is 0 Å². The number of hydrogen-bond acceptors (Lipinski definition) is 1. The van der Waals surface area contributed by atoms with Gasteiger partial charge < -0.3 is 5.11 Å². The first-order chi connectivity index (χ1) is 7.97. The first kappa shape index (κ1) is 12.5. The number of carbonyl (C=O) groups is 1. The van der Waals surface area contributed by atoms with Gasteiger partial charge in [-0.15, -0.1) is 0 Å². The second-order valence-electron chi connectivity index (χ2n) is 4.34. The number of hydrogen-bond donors (Lipinski definition) is 1. The number of benzene rings is 1. The van der Waals surface area contributed by atoms with Gasteiger partial charge in [0.25, 0.3) is 0 Å². The fourth-order valence-electron chi connectivity index (χ4n) is 2.55. The van der Waals surface area contributed by atoms with Crippen molar-refractivity contribution < 1.29 is 18.7 Å². The van der Waals surface area contributed by atoms with E-state index in [4.69, 9.17) is 0 Å². The van der Waals surface area contributed by atoms with Crippen LogP contribution in [0, 0.1) is 11.6 Å². The van der Waals surface area contributed by atoms with Crippen molar-refractivity contribution in [2.75, 3.05) is 0 Å². The third-order valence-corrected chi connectivity index (χ3v) is 3.81. The lowest BCUT2D eigenvalue weighted by Crippen LogP contribution is -2.34. The molecule has 0 bridgehead atoms. The number of carboxylic acids is 1. The SMILES string of the molecule is O=C(O)C1(c2c(F)cc(Br)cc2F)CCCC1. The Labute approximate surface area is 106 Å². The fourth-order valence-corrected chi connectivity index (χ4v) is 2.95. The molecule has 92 valence electrons. The molecular weight excluding hydrogens is 294 g/mol. The summed E-state index contributed by atoms with van der Waals surface area (Å²) in [5, 5.41) is 9.29. The maximum Gasteiger partial charge on any atom is 0.314 e. The van der Waals surface area contributed by atoms with Crippen LogP contribution in [0.25, 0.3) is 0 Å². The molecule has 0 radical (unpaired) electrons. The van der Waals surface area contributed by atoms with Crippen LogP contribution in [0.1, 0.15) is 31.2 Å². The standard InChI is InChI=1S/C12H11BrF2O2/c13-7-5-8(14)10(9(15)6-7)12(11(16)17)3-1-2-4-12/h5-6H,1-4H2,(H,16,17). The average Bonchev–Trinajstić information content (AvgIpc) is 2.66. The molecule has 5 heteroatoms. The highest BCUT2D eigenvalue weighted by Gasteiger charge is 2.46. The number of carboxylic acid groups (broad SMARTS) is 1. The maximum atomic E-state index is 13.8. The van der Waals surface area contributed by atoms with Crippen molar-refractivity contribution in [1.29, 1.82) is 0 Å².